The molecule has 0 saturated heterocycles. The van der Waals surface area contributed by atoms with Crippen molar-refractivity contribution in [2.24, 2.45) is 5.73 Å². The third kappa shape index (κ3) is 3.03. The quantitative estimate of drug-likeness (QED) is 0.662. The first-order chi connectivity index (χ1) is 6.97. The summed E-state index contributed by atoms with van der Waals surface area (Å²) in [6.45, 7) is -0.902. The molecule has 1 aromatic rings. The van der Waals surface area contributed by atoms with Crippen LogP contribution in [0.15, 0.2) is 16.6 Å². The number of alkyl halides is 1. The van der Waals surface area contributed by atoms with Crippen molar-refractivity contribution in [3.05, 3.63) is 32.3 Å². The number of hydrogen-bond acceptors (Lipinski definition) is 4. The number of phenols is 1. The normalized spacial score (nSPS) is 11.7. The lowest BCUT2D eigenvalue weighted by Gasteiger charge is -2.10. The first-order valence-corrected chi connectivity index (χ1v) is 4.75. The van der Waals surface area contributed by atoms with Crippen molar-refractivity contribution in [1.82, 2.24) is 0 Å². The second kappa shape index (κ2) is 5.97. The van der Waals surface area contributed by atoms with Crippen LogP contribution >= 0.6 is 28.3 Å². The molecule has 0 aliphatic rings. The Balaban J connectivity index is 0.00000225. The maximum absolute atomic E-state index is 12.3. The van der Waals surface area contributed by atoms with E-state index in [1.165, 1.54) is 6.07 Å². The number of nitro groups is 1. The van der Waals surface area contributed by atoms with E-state index >= 15 is 0 Å². The van der Waals surface area contributed by atoms with Gasteiger partial charge in [-0.15, -0.1) is 12.4 Å². The average Bonchev–Trinajstić information content (AvgIpc) is 2.19. The predicted octanol–water partition coefficient (Wildman–Crippen LogP) is 2.45. The Morgan fingerprint density at radius 2 is 2.19 bits per heavy atom. The molecule has 0 bridgehead atoms. The van der Waals surface area contributed by atoms with E-state index in [1.807, 2.05) is 0 Å². The Hall–Kier alpha value is -0.920. The first kappa shape index (κ1) is 15.1. The Kier molecular flexibility index (Phi) is 5.63. The van der Waals surface area contributed by atoms with Gasteiger partial charge in [0.05, 0.1) is 11.0 Å². The molecule has 0 aliphatic carbocycles. The van der Waals surface area contributed by atoms with Crippen LogP contribution in [0.2, 0.25) is 0 Å². The van der Waals surface area contributed by atoms with Crippen molar-refractivity contribution >= 4 is 34.0 Å². The molecule has 0 radical (unpaired) electrons. The van der Waals surface area contributed by atoms with E-state index < -0.39 is 29.1 Å². The Bertz CT molecular complexity index is 405. The molecule has 16 heavy (non-hydrogen) atoms. The number of phenolic OH excluding ortho intramolecular Hbond substituents is 1. The van der Waals surface area contributed by atoms with Crippen LogP contribution in [0.25, 0.3) is 0 Å². The van der Waals surface area contributed by atoms with Gasteiger partial charge >= 0.3 is 5.69 Å². The molecule has 0 fully saturated rings. The van der Waals surface area contributed by atoms with Crippen LogP contribution in [0.5, 0.6) is 5.75 Å². The van der Waals surface area contributed by atoms with Gasteiger partial charge in [0, 0.05) is 16.1 Å². The molecule has 0 unspecified atom stereocenters. The second-order valence-electron chi connectivity index (χ2n) is 2.88. The Morgan fingerprint density at radius 1 is 1.62 bits per heavy atom. The van der Waals surface area contributed by atoms with Gasteiger partial charge in [0.2, 0.25) is 0 Å². The standard InChI is InChI=1S/C8H8BrFN2O3.ClH/c9-4-1-5(6(11)3-10)8(13)7(2-4)12(14)15;/h1-2,6,13H,3,11H2;1H/t6-;/m1./s1. The molecule has 3 N–H and O–H groups in total. The molecule has 0 spiro atoms. The van der Waals surface area contributed by atoms with Crippen molar-refractivity contribution in [3.8, 4) is 5.75 Å². The monoisotopic (exact) mass is 314 g/mol. The summed E-state index contributed by atoms with van der Waals surface area (Å²) in [5.41, 5.74) is 4.87. The highest BCUT2D eigenvalue weighted by Gasteiger charge is 2.21. The fraction of sp³-hybridized carbons (Fsp3) is 0.250. The lowest BCUT2D eigenvalue weighted by Crippen LogP contribution is -2.12. The molecule has 1 aromatic carbocycles. The van der Waals surface area contributed by atoms with Gasteiger partial charge in [-0.25, -0.2) is 4.39 Å². The van der Waals surface area contributed by atoms with Crippen LogP contribution in [0.1, 0.15) is 11.6 Å². The molecule has 0 aliphatic heterocycles. The van der Waals surface area contributed by atoms with E-state index in [9.17, 15) is 19.6 Å². The highest BCUT2D eigenvalue weighted by molar-refractivity contribution is 9.10. The molecule has 0 amide bonds. The number of nitro benzene ring substituents is 1. The van der Waals surface area contributed by atoms with Gasteiger partial charge in [-0.2, -0.15) is 0 Å². The summed E-state index contributed by atoms with van der Waals surface area (Å²) in [6, 6.07) is 1.41. The second-order valence-corrected chi connectivity index (χ2v) is 3.80. The highest BCUT2D eigenvalue weighted by Crippen LogP contribution is 2.36. The van der Waals surface area contributed by atoms with Gasteiger partial charge in [0.15, 0.2) is 5.75 Å². The molecule has 0 heterocycles. The summed E-state index contributed by atoms with van der Waals surface area (Å²) in [6.07, 6.45) is 0. The van der Waals surface area contributed by atoms with E-state index in [2.05, 4.69) is 15.9 Å². The first-order valence-electron chi connectivity index (χ1n) is 3.95. The highest BCUT2D eigenvalue weighted by atomic mass is 79.9. The van der Waals surface area contributed by atoms with E-state index in [4.69, 9.17) is 5.73 Å². The molecule has 90 valence electrons. The summed E-state index contributed by atoms with van der Waals surface area (Å²) in [4.78, 5) is 9.77. The largest absolute Gasteiger partial charge is 0.502 e. The number of halogens is 3. The number of benzene rings is 1. The van der Waals surface area contributed by atoms with Gasteiger partial charge in [0.1, 0.15) is 6.67 Å². The average molecular weight is 316 g/mol. The minimum Gasteiger partial charge on any atom is -0.502 e. The van der Waals surface area contributed by atoms with Gasteiger partial charge in [0.25, 0.3) is 0 Å². The molecule has 5 nitrogen and oxygen atoms in total. The van der Waals surface area contributed by atoms with Crippen molar-refractivity contribution in [2.45, 2.75) is 6.04 Å². The van der Waals surface area contributed by atoms with Crippen LogP contribution in [0, 0.1) is 10.1 Å². The van der Waals surface area contributed by atoms with Crippen LogP contribution in [0.4, 0.5) is 10.1 Å². The molecule has 1 rings (SSSR count). The summed E-state index contributed by atoms with van der Waals surface area (Å²) in [5.74, 6) is -0.589. The van der Waals surface area contributed by atoms with Gasteiger partial charge in [-0.05, 0) is 6.07 Å². The summed E-state index contributed by atoms with van der Waals surface area (Å²) in [7, 11) is 0. The Labute approximate surface area is 105 Å². The number of aromatic hydroxyl groups is 1. The molecule has 8 heteroatoms. The zero-order valence-electron chi connectivity index (χ0n) is 7.89. The zero-order chi connectivity index (χ0) is 11.6. The summed E-state index contributed by atoms with van der Waals surface area (Å²) in [5, 5.41) is 20.0. The number of nitrogens with zero attached hydrogens (tertiary/aromatic N) is 1. The molecule has 1 atom stereocenters. The minimum atomic E-state index is -1.07. The molecule has 0 saturated carbocycles. The van der Waals surface area contributed by atoms with Crippen LogP contribution in [-0.4, -0.2) is 16.7 Å². The predicted molar refractivity (Wildman–Crippen MR) is 62.6 cm³/mol. The van der Waals surface area contributed by atoms with Crippen LogP contribution in [-0.2, 0) is 0 Å². The maximum atomic E-state index is 12.3. The van der Waals surface area contributed by atoms with Crippen LogP contribution in [0.3, 0.4) is 0 Å². The maximum Gasteiger partial charge on any atom is 0.312 e. The zero-order valence-corrected chi connectivity index (χ0v) is 10.3. The van der Waals surface area contributed by atoms with E-state index in [-0.39, 0.29) is 18.0 Å². The lowest BCUT2D eigenvalue weighted by atomic mass is 10.1. The SMILES string of the molecule is Cl.N[C@H](CF)c1cc(Br)cc([N+](=O)[O-])c1O. The number of rotatable bonds is 3. The third-order valence-electron chi connectivity index (χ3n) is 1.85. The van der Waals surface area contributed by atoms with Crippen molar-refractivity contribution in [2.75, 3.05) is 6.67 Å². The smallest absolute Gasteiger partial charge is 0.312 e. The lowest BCUT2D eigenvalue weighted by molar-refractivity contribution is -0.386. The summed E-state index contributed by atoms with van der Waals surface area (Å²) >= 11 is 3.02. The fourth-order valence-electron chi connectivity index (χ4n) is 1.11. The van der Waals surface area contributed by atoms with Crippen molar-refractivity contribution < 1.29 is 14.4 Å². The number of hydrogen-bond donors (Lipinski definition) is 2. The molecular formula is C8H9BrClFN2O3. The summed E-state index contributed by atoms with van der Waals surface area (Å²) < 4.78 is 12.7. The minimum absolute atomic E-state index is 0. The molecular weight excluding hydrogens is 306 g/mol. The van der Waals surface area contributed by atoms with Crippen LogP contribution < -0.4 is 5.73 Å². The van der Waals surface area contributed by atoms with Crippen molar-refractivity contribution in [3.63, 3.8) is 0 Å². The van der Waals surface area contributed by atoms with E-state index in [1.54, 1.807) is 0 Å². The third-order valence-corrected chi connectivity index (χ3v) is 2.30. The van der Waals surface area contributed by atoms with Gasteiger partial charge < -0.3 is 10.8 Å². The van der Waals surface area contributed by atoms with Gasteiger partial charge in [-0.3, -0.25) is 10.1 Å². The topological polar surface area (TPSA) is 89.4 Å². The number of nitrogens with two attached hydrogens (primary N) is 1. The Morgan fingerprint density at radius 3 is 2.62 bits per heavy atom. The molecule has 0 aromatic heterocycles. The van der Waals surface area contributed by atoms with Crippen molar-refractivity contribution in [1.29, 1.82) is 0 Å². The van der Waals surface area contributed by atoms with Gasteiger partial charge in [-0.1, -0.05) is 15.9 Å². The van der Waals surface area contributed by atoms with E-state index in [0.717, 1.165) is 6.07 Å². The fourth-order valence-corrected chi connectivity index (χ4v) is 1.57. The van der Waals surface area contributed by atoms with E-state index in [0.29, 0.717) is 4.47 Å².